The SMILES string of the molecule is NC(=O)CC[C@@H](NC(=O)CNC(=O)c1ccco1)C(=O)O. The van der Waals surface area contributed by atoms with Crippen molar-refractivity contribution in [3.63, 3.8) is 0 Å². The number of hydrogen-bond donors (Lipinski definition) is 4. The van der Waals surface area contributed by atoms with Gasteiger partial charge in [-0.15, -0.1) is 0 Å². The largest absolute Gasteiger partial charge is 0.480 e. The number of rotatable bonds is 8. The molecular formula is C12H15N3O6. The van der Waals surface area contributed by atoms with E-state index < -0.39 is 36.3 Å². The summed E-state index contributed by atoms with van der Waals surface area (Å²) in [5.41, 5.74) is 4.91. The van der Waals surface area contributed by atoms with Crippen LogP contribution in [0.3, 0.4) is 0 Å². The van der Waals surface area contributed by atoms with Crippen molar-refractivity contribution in [3.05, 3.63) is 24.2 Å². The second-order valence-corrected chi connectivity index (χ2v) is 4.12. The van der Waals surface area contributed by atoms with Gasteiger partial charge in [-0.25, -0.2) is 4.79 Å². The summed E-state index contributed by atoms with van der Waals surface area (Å²) in [6, 6.07) is 1.69. The number of aliphatic carboxylic acids is 1. The molecule has 0 fully saturated rings. The van der Waals surface area contributed by atoms with E-state index in [1.807, 2.05) is 0 Å². The lowest BCUT2D eigenvalue weighted by atomic mass is 10.1. The van der Waals surface area contributed by atoms with Crippen molar-refractivity contribution in [1.29, 1.82) is 0 Å². The van der Waals surface area contributed by atoms with Crippen molar-refractivity contribution in [3.8, 4) is 0 Å². The molecule has 3 amide bonds. The molecule has 0 bridgehead atoms. The fourth-order valence-corrected chi connectivity index (χ4v) is 1.44. The second-order valence-electron chi connectivity index (χ2n) is 4.12. The highest BCUT2D eigenvalue weighted by atomic mass is 16.4. The highest BCUT2D eigenvalue weighted by Crippen LogP contribution is 1.99. The quantitative estimate of drug-likeness (QED) is 0.475. The number of carbonyl (C=O) groups excluding carboxylic acids is 3. The third-order valence-corrected chi connectivity index (χ3v) is 2.47. The second kappa shape index (κ2) is 7.68. The standard InChI is InChI=1S/C12H15N3O6/c13-9(16)4-3-7(12(19)20)15-10(17)6-14-11(18)8-2-1-5-21-8/h1-2,5,7H,3-4,6H2,(H2,13,16)(H,14,18)(H,15,17)(H,19,20)/t7-/m1/s1. The summed E-state index contributed by atoms with van der Waals surface area (Å²) >= 11 is 0. The maximum atomic E-state index is 11.5. The lowest BCUT2D eigenvalue weighted by molar-refractivity contribution is -0.142. The van der Waals surface area contributed by atoms with Gasteiger partial charge in [0.15, 0.2) is 5.76 Å². The fourth-order valence-electron chi connectivity index (χ4n) is 1.44. The zero-order chi connectivity index (χ0) is 15.8. The van der Waals surface area contributed by atoms with Crippen molar-refractivity contribution in [2.45, 2.75) is 18.9 Å². The number of carboxylic acid groups (broad SMARTS) is 1. The summed E-state index contributed by atoms with van der Waals surface area (Å²) in [7, 11) is 0. The van der Waals surface area contributed by atoms with E-state index in [4.69, 9.17) is 15.3 Å². The first-order valence-corrected chi connectivity index (χ1v) is 6.02. The van der Waals surface area contributed by atoms with Gasteiger partial charge in [0.25, 0.3) is 5.91 Å². The summed E-state index contributed by atoms with van der Waals surface area (Å²) in [6.45, 7) is -0.417. The first-order valence-electron chi connectivity index (χ1n) is 6.02. The molecule has 5 N–H and O–H groups in total. The average Bonchev–Trinajstić information content (AvgIpc) is 2.94. The number of nitrogens with one attached hydrogen (secondary N) is 2. The minimum atomic E-state index is -1.29. The Hall–Kier alpha value is -2.84. The van der Waals surface area contributed by atoms with Crippen LogP contribution >= 0.6 is 0 Å². The molecule has 0 aliphatic heterocycles. The number of furan rings is 1. The van der Waals surface area contributed by atoms with Crippen LogP contribution in [-0.2, 0) is 14.4 Å². The van der Waals surface area contributed by atoms with Crippen LogP contribution in [-0.4, -0.2) is 41.4 Å². The predicted molar refractivity (Wildman–Crippen MR) is 69.0 cm³/mol. The van der Waals surface area contributed by atoms with Crippen LogP contribution in [0.5, 0.6) is 0 Å². The van der Waals surface area contributed by atoms with Gasteiger partial charge in [-0.2, -0.15) is 0 Å². The number of amides is 3. The highest BCUT2D eigenvalue weighted by molar-refractivity contribution is 5.94. The van der Waals surface area contributed by atoms with Crippen LogP contribution in [0.15, 0.2) is 22.8 Å². The Bertz CT molecular complexity index is 525. The molecule has 0 saturated heterocycles. The van der Waals surface area contributed by atoms with E-state index in [-0.39, 0.29) is 18.6 Å². The van der Waals surface area contributed by atoms with Crippen molar-refractivity contribution in [1.82, 2.24) is 10.6 Å². The Labute approximate surface area is 119 Å². The number of primary amides is 1. The van der Waals surface area contributed by atoms with Crippen LogP contribution in [0.2, 0.25) is 0 Å². The third kappa shape index (κ3) is 5.76. The molecule has 21 heavy (non-hydrogen) atoms. The van der Waals surface area contributed by atoms with Crippen molar-refractivity contribution in [2.75, 3.05) is 6.54 Å². The first-order chi connectivity index (χ1) is 9.90. The molecule has 0 aromatic carbocycles. The van der Waals surface area contributed by atoms with Crippen molar-refractivity contribution in [2.24, 2.45) is 5.73 Å². The van der Waals surface area contributed by atoms with Crippen LogP contribution in [0.1, 0.15) is 23.4 Å². The van der Waals surface area contributed by atoms with Gasteiger partial charge in [0.05, 0.1) is 12.8 Å². The summed E-state index contributed by atoms with van der Waals surface area (Å²) in [5, 5.41) is 13.3. The number of carbonyl (C=O) groups is 4. The van der Waals surface area contributed by atoms with Gasteiger partial charge in [0, 0.05) is 6.42 Å². The molecular weight excluding hydrogens is 282 g/mol. The van der Waals surface area contributed by atoms with Crippen LogP contribution < -0.4 is 16.4 Å². The molecule has 0 unspecified atom stereocenters. The fraction of sp³-hybridized carbons (Fsp3) is 0.333. The summed E-state index contributed by atoms with van der Waals surface area (Å²) < 4.78 is 4.82. The Morgan fingerprint density at radius 2 is 2.05 bits per heavy atom. The molecule has 114 valence electrons. The van der Waals surface area contributed by atoms with Gasteiger partial charge >= 0.3 is 5.97 Å². The van der Waals surface area contributed by atoms with Crippen LogP contribution in [0.25, 0.3) is 0 Å². The van der Waals surface area contributed by atoms with E-state index in [0.717, 1.165) is 0 Å². The van der Waals surface area contributed by atoms with E-state index in [0.29, 0.717) is 0 Å². The number of carboxylic acids is 1. The summed E-state index contributed by atoms with van der Waals surface area (Å²) in [6.07, 6.45) is 1.01. The maximum Gasteiger partial charge on any atom is 0.326 e. The summed E-state index contributed by atoms with van der Waals surface area (Å²) in [5.74, 6) is -3.22. The Morgan fingerprint density at radius 3 is 2.57 bits per heavy atom. The number of hydrogen-bond acceptors (Lipinski definition) is 5. The molecule has 0 saturated carbocycles. The molecule has 1 heterocycles. The van der Waals surface area contributed by atoms with Crippen LogP contribution in [0.4, 0.5) is 0 Å². The number of nitrogens with two attached hydrogens (primary N) is 1. The van der Waals surface area contributed by atoms with E-state index >= 15 is 0 Å². The lowest BCUT2D eigenvalue weighted by Crippen LogP contribution is -2.45. The lowest BCUT2D eigenvalue weighted by Gasteiger charge is -2.13. The minimum absolute atomic E-state index is 0.0336. The molecule has 1 atom stereocenters. The molecule has 0 aliphatic rings. The van der Waals surface area contributed by atoms with E-state index in [1.165, 1.54) is 18.4 Å². The smallest absolute Gasteiger partial charge is 0.326 e. The first kappa shape index (κ1) is 16.2. The summed E-state index contributed by atoms with van der Waals surface area (Å²) in [4.78, 5) is 44.5. The average molecular weight is 297 g/mol. The van der Waals surface area contributed by atoms with E-state index in [9.17, 15) is 19.2 Å². The minimum Gasteiger partial charge on any atom is -0.480 e. The molecule has 1 aromatic rings. The van der Waals surface area contributed by atoms with Gasteiger partial charge in [0.1, 0.15) is 6.04 Å². The molecule has 0 spiro atoms. The van der Waals surface area contributed by atoms with Gasteiger partial charge in [0.2, 0.25) is 11.8 Å². The van der Waals surface area contributed by atoms with Gasteiger partial charge in [-0.1, -0.05) is 0 Å². The Morgan fingerprint density at radius 1 is 1.33 bits per heavy atom. The van der Waals surface area contributed by atoms with Crippen LogP contribution in [0, 0.1) is 0 Å². The van der Waals surface area contributed by atoms with Gasteiger partial charge < -0.3 is 25.9 Å². The molecule has 9 nitrogen and oxygen atoms in total. The Balaban J connectivity index is 2.41. The molecule has 0 aliphatic carbocycles. The highest BCUT2D eigenvalue weighted by Gasteiger charge is 2.20. The van der Waals surface area contributed by atoms with Crippen molar-refractivity contribution < 1.29 is 28.7 Å². The zero-order valence-corrected chi connectivity index (χ0v) is 11.0. The monoisotopic (exact) mass is 297 g/mol. The van der Waals surface area contributed by atoms with Gasteiger partial charge in [-0.3, -0.25) is 14.4 Å². The van der Waals surface area contributed by atoms with E-state index in [1.54, 1.807) is 0 Å². The molecule has 9 heteroatoms. The van der Waals surface area contributed by atoms with Gasteiger partial charge in [-0.05, 0) is 18.6 Å². The predicted octanol–water partition coefficient (Wildman–Crippen LogP) is -1.16. The zero-order valence-electron chi connectivity index (χ0n) is 11.0. The third-order valence-electron chi connectivity index (χ3n) is 2.47. The maximum absolute atomic E-state index is 11.5. The van der Waals surface area contributed by atoms with Crippen molar-refractivity contribution >= 4 is 23.7 Å². The Kier molecular flexibility index (Phi) is 5.93. The molecule has 1 aromatic heterocycles. The van der Waals surface area contributed by atoms with E-state index in [2.05, 4.69) is 10.6 Å². The normalized spacial score (nSPS) is 11.4. The molecule has 0 radical (unpaired) electrons. The topological polar surface area (TPSA) is 152 Å². The molecule has 1 rings (SSSR count).